The summed E-state index contributed by atoms with van der Waals surface area (Å²) >= 11 is 0. The van der Waals surface area contributed by atoms with Crippen LogP contribution in [0.15, 0.2) is 48.5 Å². The van der Waals surface area contributed by atoms with E-state index in [1.54, 1.807) is 42.5 Å². The molecule has 0 saturated carbocycles. The molecule has 0 bridgehead atoms. The van der Waals surface area contributed by atoms with Gasteiger partial charge in [-0.25, -0.2) is 4.98 Å². The predicted molar refractivity (Wildman–Crippen MR) is 92.6 cm³/mol. The number of aliphatic carboxylic acids is 1. The van der Waals surface area contributed by atoms with Crippen LogP contribution >= 0.6 is 0 Å². The average Bonchev–Trinajstić information content (AvgIpc) is 3.00. The van der Waals surface area contributed by atoms with Crippen LogP contribution in [0.2, 0.25) is 0 Å². The molecule has 0 saturated heterocycles. The topological polar surface area (TPSA) is 64.3 Å². The Morgan fingerprint density at radius 2 is 1.81 bits per heavy atom. The highest BCUT2D eigenvalue weighted by atomic mass is 19.4. The Bertz CT molecular complexity index is 934. The quantitative estimate of drug-likeness (QED) is 0.671. The Morgan fingerprint density at radius 3 is 2.48 bits per heavy atom. The van der Waals surface area contributed by atoms with E-state index in [2.05, 4.69) is 4.98 Å². The molecular weight excluding hydrogens is 361 g/mol. The number of imidazole rings is 1. The molecule has 142 valence electrons. The van der Waals surface area contributed by atoms with Crippen LogP contribution in [0.1, 0.15) is 17.8 Å². The number of carboxylic acids is 1. The molecule has 8 heteroatoms. The third kappa shape index (κ3) is 4.58. The number of hydrogen-bond acceptors (Lipinski definition) is 3. The van der Waals surface area contributed by atoms with Crippen LogP contribution in [0, 0.1) is 0 Å². The predicted octanol–water partition coefficient (Wildman–Crippen LogP) is 4.15. The van der Waals surface area contributed by atoms with Crippen molar-refractivity contribution in [1.29, 1.82) is 0 Å². The van der Waals surface area contributed by atoms with Crippen molar-refractivity contribution >= 4 is 17.0 Å². The zero-order chi connectivity index (χ0) is 19.4. The van der Waals surface area contributed by atoms with Crippen molar-refractivity contribution in [3.8, 4) is 5.75 Å². The number of benzene rings is 2. The average molecular weight is 378 g/mol. The fraction of sp³-hybridized carbons (Fsp3) is 0.263. The molecule has 0 aliphatic rings. The van der Waals surface area contributed by atoms with E-state index in [0.29, 0.717) is 17.7 Å². The first-order chi connectivity index (χ1) is 12.8. The molecule has 0 atom stereocenters. The summed E-state index contributed by atoms with van der Waals surface area (Å²) in [6, 6.07) is 13.3. The first-order valence-corrected chi connectivity index (χ1v) is 8.30. The minimum absolute atomic E-state index is 0.00385. The van der Waals surface area contributed by atoms with Crippen molar-refractivity contribution in [2.24, 2.45) is 0 Å². The van der Waals surface area contributed by atoms with E-state index in [1.165, 1.54) is 6.07 Å². The standard InChI is InChI=1S/C19H17F3N2O3/c20-19(21,22)18-23-15-3-1-2-4-16(15)24(18)11-12-27-14-8-5-13(6-9-14)7-10-17(25)26/h1-6,8-9H,7,10-12H2,(H,25,26). The van der Waals surface area contributed by atoms with E-state index in [-0.39, 0.29) is 25.1 Å². The number of rotatable bonds is 7. The van der Waals surface area contributed by atoms with Crippen LogP contribution in [0.5, 0.6) is 5.75 Å². The smallest absolute Gasteiger partial charge is 0.449 e. The number of para-hydroxylation sites is 2. The highest BCUT2D eigenvalue weighted by molar-refractivity contribution is 5.76. The van der Waals surface area contributed by atoms with E-state index >= 15 is 0 Å². The lowest BCUT2D eigenvalue weighted by atomic mass is 10.1. The number of carbonyl (C=O) groups is 1. The molecule has 0 spiro atoms. The van der Waals surface area contributed by atoms with Gasteiger partial charge < -0.3 is 14.4 Å². The summed E-state index contributed by atoms with van der Waals surface area (Å²) in [5.74, 6) is -1.31. The summed E-state index contributed by atoms with van der Waals surface area (Å²) in [5.41, 5.74) is 1.54. The number of hydrogen-bond donors (Lipinski definition) is 1. The van der Waals surface area contributed by atoms with Crippen molar-refractivity contribution in [3.63, 3.8) is 0 Å². The normalized spacial score (nSPS) is 11.7. The molecule has 1 heterocycles. The first-order valence-electron chi connectivity index (χ1n) is 8.30. The van der Waals surface area contributed by atoms with Gasteiger partial charge in [0.25, 0.3) is 0 Å². The zero-order valence-corrected chi connectivity index (χ0v) is 14.2. The Balaban J connectivity index is 1.68. The summed E-state index contributed by atoms with van der Waals surface area (Å²) in [4.78, 5) is 14.3. The number of aryl methyl sites for hydroxylation is 1. The molecule has 0 radical (unpaired) electrons. The number of ether oxygens (including phenoxy) is 1. The van der Waals surface area contributed by atoms with Gasteiger partial charge in [-0.05, 0) is 36.2 Å². The lowest BCUT2D eigenvalue weighted by Gasteiger charge is -2.12. The van der Waals surface area contributed by atoms with Crippen molar-refractivity contribution in [3.05, 3.63) is 59.9 Å². The first kappa shape index (κ1) is 18.8. The number of fused-ring (bicyclic) bond motifs is 1. The minimum Gasteiger partial charge on any atom is -0.492 e. The molecule has 1 aromatic heterocycles. The number of carboxylic acid groups (broad SMARTS) is 1. The Hall–Kier alpha value is -3.03. The van der Waals surface area contributed by atoms with Crippen LogP contribution in [-0.2, 0) is 23.9 Å². The van der Waals surface area contributed by atoms with Crippen LogP contribution in [0.3, 0.4) is 0 Å². The molecule has 3 aromatic rings. The van der Waals surface area contributed by atoms with Gasteiger partial charge in [0.15, 0.2) is 0 Å². The van der Waals surface area contributed by atoms with Gasteiger partial charge >= 0.3 is 12.1 Å². The number of halogens is 3. The molecule has 1 N–H and O–H groups in total. The van der Waals surface area contributed by atoms with Crippen LogP contribution in [0.4, 0.5) is 13.2 Å². The Morgan fingerprint density at radius 1 is 1.11 bits per heavy atom. The van der Waals surface area contributed by atoms with E-state index < -0.39 is 18.0 Å². The third-order valence-corrected chi connectivity index (χ3v) is 4.04. The van der Waals surface area contributed by atoms with Crippen LogP contribution in [0.25, 0.3) is 11.0 Å². The van der Waals surface area contributed by atoms with Gasteiger partial charge in [0.05, 0.1) is 17.6 Å². The summed E-state index contributed by atoms with van der Waals surface area (Å²) in [5, 5.41) is 8.68. The number of aromatic nitrogens is 2. The molecule has 3 rings (SSSR count). The number of alkyl halides is 3. The second-order valence-corrected chi connectivity index (χ2v) is 5.96. The summed E-state index contributed by atoms with van der Waals surface area (Å²) < 4.78 is 46.4. The van der Waals surface area contributed by atoms with Gasteiger partial charge in [0.2, 0.25) is 5.82 Å². The second kappa shape index (κ2) is 7.69. The molecule has 27 heavy (non-hydrogen) atoms. The molecule has 0 fully saturated rings. The van der Waals surface area contributed by atoms with Crippen molar-refractivity contribution < 1.29 is 27.8 Å². The molecular formula is C19H17F3N2O3. The maximum Gasteiger partial charge on any atom is 0.449 e. The highest BCUT2D eigenvalue weighted by Gasteiger charge is 2.37. The fourth-order valence-electron chi connectivity index (χ4n) is 2.78. The fourth-order valence-corrected chi connectivity index (χ4v) is 2.78. The molecule has 0 aliphatic heterocycles. The lowest BCUT2D eigenvalue weighted by Crippen LogP contribution is -2.18. The highest BCUT2D eigenvalue weighted by Crippen LogP contribution is 2.31. The summed E-state index contributed by atoms with van der Waals surface area (Å²) in [6.07, 6.45) is -4.11. The monoisotopic (exact) mass is 378 g/mol. The molecule has 2 aromatic carbocycles. The zero-order valence-electron chi connectivity index (χ0n) is 14.2. The second-order valence-electron chi connectivity index (χ2n) is 5.96. The Kier molecular flexibility index (Phi) is 5.34. The van der Waals surface area contributed by atoms with Gasteiger partial charge in [-0.3, -0.25) is 4.79 Å². The SMILES string of the molecule is O=C(O)CCc1ccc(OCCn2c(C(F)(F)F)nc3ccccc32)cc1. The van der Waals surface area contributed by atoms with E-state index in [9.17, 15) is 18.0 Å². The third-order valence-electron chi connectivity index (χ3n) is 4.04. The van der Waals surface area contributed by atoms with Crippen LogP contribution in [-0.4, -0.2) is 27.2 Å². The van der Waals surface area contributed by atoms with Crippen molar-refractivity contribution in [2.45, 2.75) is 25.6 Å². The van der Waals surface area contributed by atoms with Gasteiger partial charge in [0, 0.05) is 6.42 Å². The summed E-state index contributed by atoms with van der Waals surface area (Å²) in [7, 11) is 0. The van der Waals surface area contributed by atoms with Gasteiger partial charge in [-0.15, -0.1) is 0 Å². The van der Waals surface area contributed by atoms with Crippen molar-refractivity contribution in [1.82, 2.24) is 9.55 Å². The van der Waals surface area contributed by atoms with Gasteiger partial charge in [-0.1, -0.05) is 24.3 Å². The van der Waals surface area contributed by atoms with Crippen LogP contribution < -0.4 is 4.74 Å². The Labute approximate surface area is 153 Å². The maximum absolute atomic E-state index is 13.2. The van der Waals surface area contributed by atoms with Gasteiger partial charge in [0.1, 0.15) is 12.4 Å². The summed E-state index contributed by atoms with van der Waals surface area (Å²) in [6.45, 7) is 0.0357. The minimum atomic E-state index is -4.55. The lowest BCUT2D eigenvalue weighted by molar-refractivity contribution is -0.147. The van der Waals surface area contributed by atoms with E-state index in [4.69, 9.17) is 9.84 Å². The molecule has 0 unspecified atom stereocenters. The maximum atomic E-state index is 13.2. The van der Waals surface area contributed by atoms with E-state index in [1.807, 2.05) is 0 Å². The molecule has 5 nitrogen and oxygen atoms in total. The van der Waals surface area contributed by atoms with E-state index in [0.717, 1.165) is 10.1 Å². The molecule has 0 aliphatic carbocycles. The number of nitrogens with zero attached hydrogens (tertiary/aromatic N) is 2. The molecule has 0 amide bonds. The van der Waals surface area contributed by atoms with Gasteiger partial charge in [-0.2, -0.15) is 13.2 Å². The largest absolute Gasteiger partial charge is 0.492 e. The van der Waals surface area contributed by atoms with Crippen molar-refractivity contribution in [2.75, 3.05) is 6.61 Å².